The van der Waals surface area contributed by atoms with Crippen LogP contribution < -0.4 is 26.5 Å². The zero-order valence-corrected chi connectivity index (χ0v) is 25.7. The van der Waals surface area contributed by atoms with Gasteiger partial charge in [-0.25, -0.2) is 4.39 Å². The molecule has 8 rings (SSSR count). The standard InChI is InChI=1S/C36H33FN4O5/c1-19-10-13-40(17-19)31-27(37)14-25-30-35(31)46-29-16-24-23(32(42)21-7-3-4-8-22(21)33(24)43)15-28(29)41(30)18-26(34(25)44)36(45)38-11-9-20-6-5-12-39(20)2/h3-4,7-8,14-16,18-20H,5-6,9-13,17H2,1-2H3,(H,38,45). The molecule has 2 aliphatic heterocycles. The summed E-state index contributed by atoms with van der Waals surface area (Å²) in [5, 5.41) is 3.90. The lowest BCUT2D eigenvalue weighted by atomic mass is 10.0. The van der Waals surface area contributed by atoms with E-state index < -0.39 is 17.2 Å². The van der Waals surface area contributed by atoms with Crippen LogP contribution in [0.2, 0.25) is 0 Å². The topological polar surface area (TPSA) is 104 Å². The van der Waals surface area contributed by atoms with Crippen LogP contribution in [0.5, 0.6) is 0 Å². The highest BCUT2D eigenvalue weighted by molar-refractivity contribution is 6.08. The summed E-state index contributed by atoms with van der Waals surface area (Å²) in [6, 6.07) is 11.3. The van der Waals surface area contributed by atoms with Crippen LogP contribution in [-0.2, 0) is 0 Å². The highest BCUT2D eigenvalue weighted by atomic mass is 19.1. The smallest absolute Gasteiger partial charge is 0.256 e. The van der Waals surface area contributed by atoms with Gasteiger partial charge < -0.3 is 23.9 Å². The molecule has 4 heterocycles. The van der Waals surface area contributed by atoms with Gasteiger partial charge in [-0.3, -0.25) is 19.2 Å². The SMILES string of the molecule is CC1CCN(c2c(F)cc3c(=O)c(C(=O)NCCC4CCCN4C)cn4c5cc6c(=O)c7ccccc7c(=O)c6cc5oc2c34)C1. The van der Waals surface area contributed by atoms with Crippen molar-refractivity contribution in [3.63, 3.8) is 0 Å². The van der Waals surface area contributed by atoms with Gasteiger partial charge in [0.15, 0.2) is 27.8 Å². The molecule has 0 aliphatic carbocycles. The molecule has 2 atom stereocenters. The average Bonchev–Trinajstić information content (AvgIpc) is 3.67. The van der Waals surface area contributed by atoms with Crippen LogP contribution in [0.3, 0.4) is 0 Å². The van der Waals surface area contributed by atoms with Crippen LogP contribution >= 0.6 is 0 Å². The van der Waals surface area contributed by atoms with Crippen LogP contribution in [0.4, 0.5) is 10.1 Å². The first-order chi connectivity index (χ1) is 22.2. The molecule has 234 valence electrons. The number of nitrogens with one attached hydrogen (secondary N) is 1. The van der Waals surface area contributed by atoms with Gasteiger partial charge in [0.2, 0.25) is 5.43 Å². The maximum atomic E-state index is 16.1. The third-order valence-corrected chi connectivity index (χ3v) is 10.1. The minimum Gasteiger partial charge on any atom is -0.451 e. The molecule has 4 aromatic carbocycles. The number of nitrogens with zero attached hydrogens (tertiary/aromatic N) is 3. The first-order valence-corrected chi connectivity index (χ1v) is 15.9. The number of fused-ring (bicyclic) bond motifs is 4. The summed E-state index contributed by atoms with van der Waals surface area (Å²) < 4.78 is 24.1. The average molecular weight is 621 g/mol. The maximum absolute atomic E-state index is 16.1. The molecule has 2 fully saturated rings. The van der Waals surface area contributed by atoms with Crippen LogP contribution in [0.1, 0.15) is 43.0 Å². The molecule has 0 spiro atoms. The van der Waals surface area contributed by atoms with E-state index in [1.54, 1.807) is 34.7 Å². The Morgan fingerprint density at radius 1 is 0.957 bits per heavy atom. The third-order valence-electron chi connectivity index (χ3n) is 10.1. The van der Waals surface area contributed by atoms with E-state index in [1.807, 2.05) is 4.90 Å². The Bertz CT molecular complexity index is 2420. The summed E-state index contributed by atoms with van der Waals surface area (Å²) >= 11 is 0. The van der Waals surface area contributed by atoms with Crippen molar-refractivity contribution < 1.29 is 13.6 Å². The number of carbonyl (C=O) groups excluding carboxylic acids is 1. The predicted octanol–water partition coefficient (Wildman–Crippen LogP) is 4.86. The van der Waals surface area contributed by atoms with Crippen molar-refractivity contribution in [3.8, 4) is 0 Å². The molecular weight excluding hydrogens is 587 g/mol. The highest BCUT2D eigenvalue weighted by Crippen LogP contribution is 2.38. The molecule has 9 nitrogen and oxygen atoms in total. The van der Waals surface area contributed by atoms with Crippen molar-refractivity contribution in [3.05, 3.63) is 90.7 Å². The molecule has 0 bridgehead atoms. The number of amides is 1. The highest BCUT2D eigenvalue weighted by Gasteiger charge is 2.29. The molecule has 10 heteroatoms. The van der Waals surface area contributed by atoms with Crippen LogP contribution in [0.25, 0.3) is 49.1 Å². The second kappa shape index (κ2) is 10.6. The number of hydrogen-bond donors (Lipinski definition) is 1. The molecule has 1 amide bonds. The van der Waals surface area contributed by atoms with Crippen molar-refractivity contribution in [2.24, 2.45) is 5.92 Å². The Morgan fingerprint density at radius 3 is 2.37 bits per heavy atom. The van der Waals surface area contributed by atoms with Gasteiger partial charge in [-0.15, -0.1) is 0 Å². The van der Waals surface area contributed by atoms with Crippen molar-refractivity contribution in [2.45, 2.75) is 38.6 Å². The van der Waals surface area contributed by atoms with Crippen molar-refractivity contribution >= 4 is 60.7 Å². The molecule has 6 aromatic rings. The zero-order chi connectivity index (χ0) is 31.9. The number of anilines is 1. The number of rotatable bonds is 5. The van der Waals surface area contributed by atoms with Gasteiger partial charge in [0.05, 0.1) is 10.9 Å². The maximum Gasteiger partial charge on any atom is 0.256 e. The minimum absolute atomic E-state index is 0.00258. The molecular formula is C36H33FN4O5. The van der Waals surface area contributed by atoms with Gasteiger partial charge in [-0.2, -0.15) is 0 Å². The monoisotopic (exact) mass is 620 g/mol. The second-order valence-corrected chi connectivity index (χ2v) is 13.0. The molecule has 46 heavy (non-hydrogen) atoms. The van der Waals surface area contributed by atoms with Crippen LogP contribution in [0, 0.1) is 11.7 Å². The predicted molar refractivity (Wildman–Crippen MR) is 178 cm³/mol. The lowest BCUT2D eigenvalue weighted by Crippen LogP contribution is -2.34. The molecule has 2 saturated heterocycles. The Balaban J connectivity index is 1.39. The van der Waals surface area contributed by atoms with E-state index in [-0.39, 0.29) is 49.4 Å². The Labute approximate surface area is 262 Å². The first-order valence-electron chi connectivity index (χ1n) is 15.9. The Morgan fingerprint density at radius 2 is 1.70 bits per heavy atom. The molecule has 0 radical (unpaired) electrons. The van der Waals surface area contributed by atoms with Crippen molar-refractivity contribution in [1.29, 1.82) is 0 Å². The number of pyridine rings is 1. The number of aromatic nitrogens is 1. The Hall–Kier alpha value is -4.83. The van der Waals surface area contributed by atoms with E-state index in [0.29, 0.717) is 53.4 Å². The van der Waals surface area contributed by atoms with Gasteiger partial charge >= 0.3 is 0 Å². The van der Waals surface area contributed by atoms with Crippen molar-refractivity contribution in [1.82, 2.24) is 14.6 Å². The Kier molecular flexibility index (Phi) is 6.61. The third kappa shape index (κ3) is 4.30. The van der Waals surface area contributed by atoms with E-state index >= 15 is 4.39 Å². The summed E-state index contributed by atoms with van der Waals surface area (Å²) in [6.45, 7) is 4.73. The molecule has 2 unspecified atom stereocenters. The second-order valence-electron chi connectivity index (χ2n) is 13.0. The number of likely N-dealkylation sites (tertiary alicyclic amines) is 1. The first kappa shape index (κ1) is 28.6. The zero-order valence-electron chi connectivity index (χ0n) is 25.7. The number of hydrogen-bond acceptors (Lipinski definition) is 7. The van der Waals surface area contributed by atoms with E-state index in [9.17, 15) is 19.2 Å². The summed E-state index contributed by atoms with van der Waals surface area (Å²) in [6.07, 6.45) is 5.25. The molecule has 2 aliphatic rings. The quantitative estimate of drug-likeness (QED) is 0.217. The molecule has 2 aromatic heterocycles. The number of carbonyl (C=O) groups is 1. The van der Waals surface area contributed by atoms with E-state index in [0.717, 1.165) is 32.2 Å². The molecule has 0 saturated carbocycles. The normalized spacial score (nSPS) is 19.1. The van der Waals surface area contributed by atoms with E-state index in [1.165, 1.54) is 18.3 Å². The largest absolute Gasteiger partial charge is 0.451 e. The summed E-state index contributed by atoms with van der Waals surface area (Å²) in [5.41, 5.74) is -0.0550. The van der Waals surface area contributed by atoms with E-state index in [4.69, 9.17) is 4.42 Å². The number of benzene rings is 4. The minimum atomic E-state index is -0.622. The number of halogens is 1. The van der Waals surface area contributed by atoms with Gasteiger partial charge in [-0.05, 0) is 63.4 Å². The van der Waals surface area contributed by atoms with Crippen LogP contribution in [-0.4, -0.2) is 54.5 Å². The van der Waals surface area contributed by atoms with Crippen LogP contribution in [0.15, 0.2) is 67.5 Å². The lowest BCUT2D eigenvalue weighted by Gasteiger charge is -2.22. The summed E-state index contributed by atoms with van der Waals surface area (Å²) in [4.78, 5) is 58.8. The fourth-order valence-electron chi connectivity index (χ4n) is 7.58. The van der Waals surface area contributed by atoms with Gasteiger partial charge in [-0.1, -0.05) is 31.2 Å². The molecule has 1 N–H and O–H groups in total. The van der Waals surface area contributed by atoms with Gasteiger partial charge in [0, 0.05) is 53.4 Å². The van der Waals surface area contributed by atoms with Gasteiger partial charge in [0.1, 0.15) is 16.8 Å². The van der Waals surface area contributed by atoms with E-state index in [2.05, 4.69) is 24.2 Å². The summed E-state index contributed by atoms with van der Waals surface area (Å²) in [7, 11) is 2.07. The fourth-order valence-corrected chi connectivity index (χ4v) is 7.58. The fraction of sp³-hybridized carbons (Fsp3) is 0.333. The summed E-state index contributed by atoms with van der Waals surface area (Å²) in [5.74, 6) is -0.836. The van der Waals surface area contributed by atoms with Gasteiger partial charge in [0.25, 0.3) is 5.91 Å². The van der Waals surface area contributed by atoms with Crippen molar-refractivity contribution in [2.75, 3.05) is 38.1 Å². The lowest BCUT2D eigenvalue weighted by molar-refractivity contribution is 0.0949.